The van der Waals surface area contributed by atoms with Crippen molar-refractivity contribution in [1.82, 2.24) is 0 Å². The molecule has 0 aromatic carbocycles. The van der Waals surface area contributed by atoms with Gasteiger partial charge in [0.25, 0.3) is 0 Å². The first-order valence-corrected chi connectivity index (χ1v) is 4.28. The van der Waals surface area contributed by atoms with Crippen LogP contribution >= 0.6 is 0 Å². The Morgan fingerprint density at radius 1 is 1.00 bits per heavy atom. The number of aliphatic hydroxyl groups is 1. The molecule has 3 heteroatoms. The van der Waals surface area contributed by atoms with Crippen molar-refractivity contribution in [3.63, 3.8) is 0 Å². The molecule has 0 fully saturated rings. The van der Waals surface area contributed by atoms with E-state index in [0.29, 0.717) is 0 Å². The average molecular weight is 176 g/mol. The Hall–Kier alpha value is -0.120. The lowest BCUT2D eigenvalue weighted by molar-refractivity contribution is -0.161. The van der Waals surface area contributed by atoms with Crippen LogP contribution in [0.25, 0.3) is 0 Å². The van der Waals surface area contributed by atoms with Crippen molar-refractivity contribution < 1.29 is 14.6 Å². The third-order valence-corrected chi connectivity index (χ3v) is 2.12. The van der Waals surface area contributed by atoms with Gasteiger partial charge >= 0.3 is 0 Å². The van der Waals surface area contributed by atoms with Crippen molar-refractivity contribution in [3.05, 3.63) is 0 Å². The van der Waals surface area contributed by atoms with Crippen LogP contribution in [0.5, 0.6) is 0 Å². The molecule has 0 aromatic rings. The van der Waals surface area contributed by atoms with Crippen molar-refractivity contribution >= 4 is 0 Å². The van der Waals surface area contributed by atoms with E-state index in [-0.39, 0.29) is 24.2 Å². The van der Waals surface area contributed by atoms with E-state index in [1.807, 2.05) is 20.8 Å². The van der Waals surface area contributed by atoms with Crippen molar-refractivity contribution in [2.45, 2.75) is 33.2 Å². The van der Waals surface area contributed by atoms with Crippen LogP contribution in [0, 0.1) is 11.8 Å². The van der Waals surface area contributed by atoms with E-state index in [1.165, 1.54) is 0 Å². The van der Waals surface area contributed by atoms with Gasteiger partial charge in [0.15, 0.2) is 6.29 Å². The first kappa shape index (κ1) is 11.9. The van der Waals surface area contributed by atoms with Crippen LogP contribution in [0.15, 0.2) is 0 Å². The van der Waals surface area contributed by atoms with Gasteiger partial charge < -0.3 is 14.6 Å². The molecule has 0 aromatic heterocycles. The molecule has 2 atom stereocenters. The first-order chi connectivity index (χ1) is 5.54. The lowest BCUT2D eigenvalue weighted by atomic mass is 9.94. The summed E-state index contributed by atoms with van der Waals surface area (Å²) in [4.78, 5) is 0. The molecule has 0 amide bonds. The highest BCUT2D eigenvalue weighted by Crippen LogP contribution is 2.18. The molecular formula is C9H20O3. The molecule has 0 aliphatic rings. The zero-order valence-electron chi connectivity index (χ0n) is 8.57. The third kappa shape index (κ3) is 3.09. The molecule has 0 aliphatic heterocycles. The fraction of sp³-hybridized carbons (Fsp3) is 1.00. The standard InChI is InChI=1S/C9H20O3/c1-6(2)8(10)7(3)9(11-4)12-5/h6-10H,1-5H3/t7-,8-/m1/s1. The molecule has 3 nitrogen and oxygen atoms in total. The molecule has 0 unspecified atom stereocenters. The summed E-state index contributed by atoms with van der Waals surface area (Å²) in [6.07, 6.45) is -0.697. The number of aliphatic hydroxyl groups excluding tert-OH is 1. The number of ether oxygens (including phenoxy) is 2. The Kier molecular flexibility index (Phi) is 5.46. The topological polar surface area (TPSA) is 38.7 Å². The molecule has 0 radical (unpaired) electrons. The SMILES string of the molecule is COC(OC)[C@H](C)[C@H](O)C(C)C. The quantitative estimate of drug-likeness (QED) is 0.641. The van der Waals surface area contributed by atoms with Crippen molar-refractivity contribution in [1.29, 1.82) is 0 Å². The number of rotatable bonds is 5. The van der Waals surface area contributed by atoms with Crippen molar-refractivity contribution in [3.8, 4) is 0 Å². The Bertz CT molecular complexity index is 108. The third-order valence-electron chi connectivity index (χ3n) is 2.12. The zero-order chi connectivity index (χ0) is 9.72. The predicted molar refractivity (Wildman–Crippen MR) is 47.8 cm³/mol. The second-order valence-electron chi connectivity index (χ2n) is 3.43. The fourth-order valence-electron chi connectivity index (χ4n) is 1.29. The summed E-state index contributed by atoms with van der Waals surface area (Å²) in [5, 5.41) is 9.67. The monoisotopic (exact) mass is 176 g/mol. The summed E-state index contributed by atoms with van der Waals surface area (Å²) in [6.45, 7) is 5.87. The Balaban J connectivity index is 4.05. The molecular weight excluding hydrogens is 156 g/mol. The maximum atomic E-state index is 9.67. The normalized spacial score (nSPS) is 17.0. The molecule has 0 spiro atoms. The summed E-state index contributed by atoms with van der Waals surface area (Å²) in [5.41, 5.74) is 0. The zero-order valence-corrected chi connectivity index (χ0v) is 8.57. The lowest BCUT2D eigenvalue weighted by Crippen LogP contribution is -2.35. The van der Waals surface area contributed by atoms with Gasteiger partial charge in [-0.15, -0.1) is 0 Å². The minimum Gasteiger partial charge on any atom is -0.392 e. The fourth-order valence-corrected chi connectivity index (χ4v) is 1.29. The molecule has 0 saturated carbocycles. The van der Waals surface area contributed by atoms with Crippen LogP contribution in [-0.2, 0) is 9.47 Å². The summed E-state index contributed by atoms with van der Waals surface area (Å²) in [5.74, 6) is 0.229. The molecule has 0 heterocycles. The summed E-state index contributed by atoms with van der Waals surface area (Å²) in [7, 11) is 3.16. The van der Waals surface area contributed by atoms with Crippen LogP contribution in [0.3, 0.4) is 0 Å². The molecule has 0 saturated heterocycles. The Morgan fingerprint density at radius 2 is 1.42 bits per heavy atom. The summed E-state index contributed by atoms with van der Waals surface area (Å²) >= 11 is 0. The van der Waals surface area contributed by atoms with Crippen LogP contribution in [0.4, 0.5) is 0 Å². The number of hydrogen-bond acceptors (Lipinski definition) is 3. The van der Waals surface area contributed by atoms with Gasteiger partial charge in [0.2, 0.25) is 0 Å². The van der Waals surface area contributed by atoms with Crippen LogP contribution in [-0.4, -0.2) is 31.7 Å². The minimum absolute atomic E-state index is 0.000000000000000444. The van der Waals surface area contributed by atoms with Crippen LogP contribution in [0.1, 0.15) is 20.8 Å². The van der Waals surface area contributed by atoms with E-state index in [0.717, 1.165) is 0 Å². The number of methoxy groups -OCH3 is 2. The second-order valence-corrected chi connectivity index (χ2v) is 3.43. The van der Waals surface area contributed by atoms with Gasteiger partial charge in [-0.1, -0.05) is 20.8 Å². The largest absolute Gasteiger partial charge is 0.392 e. The predicted octanol–water partition coefficient (Wildman–Crippen LogP) is 1.26. The molecule has 0 aliphatic carbocycles. The number of hydrogen-bond donors (Lipinski definition) is 1. The highest BCUT2D eigenvalue weighted by atomic mass is 16.7. The first-order valence-electron chi connectivity index (χ1n) is 4.28. The van der Waals surface area contributed by atoms with E-state index in [1.54, 1.807) is 14.2 Å². The van der Waals surface area contributed by atoms with Crippen LogP contribution in [0.2, 0.25) is 0 Å². The van der Waals surface area contributed by atoms with Gasteiger partial charge in [-0.2, -0.15) is 0 Å². The molecule has 0 rings (SSSR count). The van der Waals surface area contributed by atoms with Crippen molar-refractivity contribution in [2.24, 2.45) is 11.8 Å². The van der Waals surface area contributed by atoms with E-state index < -0.39 is 0 Å². The summed E-state index contributed by atoms with van der Waals surface area (Å²) in [6, 6.07) is 0. The van der Waals surface area contributed by atoms with Gasteiger partial charge in [0, 0.05) is 20.1 Å². The van der Waals surface area contributed by atoms with E-state index in [2.05, 4.69) is 0 Å². The highest BCUT2D eigenvalue weighted by molar-refractivity contribution is 4.70. The maximum absolute atomic E-state index is 9.67. The van der Waals surface area contributed by atoms with Gasteiger partial charge in [-0.25, -0.2) is 0 Å². The van der Waals surface area contributed by atoms with E-state index in [9.17, 15) is 5.11 Å². The molecule has 0 bridgehead atoms. The highest BCUT2D eigenvalue weighted by Gasteiger charge is 2.25. The average Bonchev–Trinajstić information content (AvgIpc) is 2.05. The van der Waals surface area contributed by atoms with E-state index in [4.69, 9.17) is 9.47 Å². The van der Waals surface area contributed by atoms with Gasteiger partial charge in [0.1, 0.15) is 0 Å². The molecule has 1 N–H and O–H groups in total. The molecule has 12 heavy (non-hydrogen) atoms. The van der Waals surface area contributed by atoms with Gasteiger partial charge in [0.05, 0.1) is 6.10 Å². The minimum atomic E-state index is -0.380. The van der Waals surface area contributed by atoms with Crippen molar-refractivity contribution in [2.75, 3.05) is 14.2 Å². The van der Waals surface area contributed by atoms with Gasteiger partial charge in [-0.05, 0) is 5.92 Å². The Labute approximate surface area is 74.7 Å². The lowest BCUT2D eigenvalue weighted by Gasteiger charge is -2.27. The van der Waals surface area contributed by atoms with Gasteiger partial charge in [-0.3, -0.25) is 0 Å². The van der Waals surface area contributed by atoms with E-state index >= 15 is 0 Å². The smallest absolute Gasteiger partial charge is 0.161 e. The second kappa shape index (κ2) is 5.51. The summed E-state index contributed by atoms with van der Waals surface area (Å²) < 4.78 is 10.1. The van der Waals surface area contributed by atoms with Crippen LogP contribution < -0.4 is 0 Å². The molecule has 74 valence electrons. The maximum Gasteiger partial charge on any atom is 0.161 e. The Morgan fingerprint density at radius 3 is 1.67 bits per heavy atom.